The molecule has 0 radical (unpaired) electrons. The first-order valence-corrected chi connectivity index (χ1v) is 13.6. The molecule has 7 N–H and O–H groups in total. The molecule has 0 aliphatic heterocycles. The fourth-order valence-corrected chi connectivity index (χ4v) is 6.78. The second-order valence-electron chi connectivity index (χ2n) is 11.1. The molecule has 1 unspecified atom stereocenters. The first-order chi connectivity index (χ1) is 19.7. The van der Waals surface area contributed by atoms with Gasteiger partial charge in [0.05, 0.1) is 17.5 Å². The number of carboxylic acids is 1. The third-order valence-electron chi connectivity index (χ3n) is 8.45. The van der Waals surface area contributed by atoms with Gasteiger partial charge in [0.25, 0.3) is 5.91 Å². The molecule has 13 heteroatoms. The highest BCUT2D eigenvalue weighted by atomic mass is 16.5. The van der Waals surface area contributed by atoms with Gasteiger partial charge in [0, 0.05) is 11.5 Å². The Morgan fingerprint density at radius 1 is 1.10 bits per heavy atom. The third kappa shape index (κ3) is 4.62. The molecule has 4 rings (SSSR count). The second-order valence-corrected chi connectivity index (χ2v) is 11.1. The molecule has 1 fully saturated rings. The van der Waals surface area contributed by atoms with E-state index in [0.29, 0.717) is 18.4 Å². The van der Waals surface area contributed by atoms with Crippen LogP contribution in [0, 0.1) is 11.8 Å². The molecule has 6 atom stereocenters. The van der Waals surface area contributed by atoms with Crippen molar-refractivity contribution in [3.05, 3.63) is 46.2 Å². The Labute approximate surface area is 240 Å². The maximum absolute atomic E-state index is 14.3. The largest absolute Gasteiger partial charge is 0.508 e. The Kier molecular flexibility index (Phi) is 8.20. The first-order valence-electron chi connectivity index (χ1n) is 13.6. The van der Waals surface area contributed by atoms with Crippen LogP contribution in [0.2, 0.25) is 0 Å². The van der Waals surface area contributed by atoms with Crippen molar-refractivity contribution in [1.82, 2.24) is 4.90 Å². The lowest BCUT2D eigenvalue weighted by Gasteiger charge is -2.55. The lowest BCUT2D eigenvalue weighted by Crippen LogP contribution is -2.71. The van der Waals surface area contributed by atoms with E-state index in [-0.39, 0.29) is 11.3 Å². The Morgan fingerprint density at radius 2 is 1.76 bits per heavy atom. The van der Waals surface area contributed by atoms with Gasteiger partial charge in [-0.15, -0.1) is 0 Å². The summed E-state index contributed by atoms with van der Waals surface area (Å²) in [6.07, 6.45) is -0.217. The number of likely N-dealkylation sites (N-methyl/N-ethyl adjacent to an activating group) is 1. The second kappa shape index (κ2) is 11.2. The van der Waals surface area contributed by atoms with E-state index >= 15 is 0 Å². The van der Waals surface area contributed by atoms with Gasteiger partial charge in [0.1, 0.15) is 35.4 Å². The number of unbranched alkanes of at least 4 members (excludes halogenated alkanes) is 2. The molecule has 0 saturated heterocycles. The molecule has 0 heterocycles. The number of nitrogens with two attached hydrogens (primary N) is 1. The van der Waals surface area contributed by atoms with Gasteiger partial charge in [-0.2, -0.15) is 0 Å². The highest BCUT2D eigenvalue weighted by Crippen LogP contribution is 2.58. The number of aromatic hydroxyl groups is 1. The fraction of sp³-hybridized carbons (Fsp3) is 0.483. The van der Waals surface area contributed by atoms with Crippen LogP contribution in [0.5, 0.6) is 5.75 Å². The average Bonchev–Trinajstić information content (AvgIpc) is 2.88. The van der Waals surface area contributed by atoms with E-state index in [1.807, 2.05) is 6.92 Å². The number of phenolic OH excluding ortho intramolecular Hbond substituents is 1. The summed E-state index contributed by atoms with van der Waals surface area (Å²) in [5.74, 6) is -12.7. The molecule has 1 amide bonds. The Balaban J connectivity index is 2.09. The fourth-order valence-electron chi connectivity index (χ4n) is 6.78. The number of aliphatic carboxylic acids is 1. The lowest BCUT2D eigenvalue weighted by molar-refractivity contribution is -0.186. The Hall–Kier alpha value is -4.23. The van der Waals surface area contributed by atoms with E-state index in [0.717, 1.165) is 12.8 Å². The summed E-state index contributed by atoms with van der Waals surface area (Å²) in [5, 5.41) is 54.7. The summed E-state index contributed by atoms with van der Waals surface area (Å²) in [6, 6.07) is 2.90. The minimum absolute atomic E-state index is 0.0918. The minimum atomic E-state index is -3.10. The first kappa shape index (κ1) is 30.7. The Bertz CT molecular complexity index is 1430. The quantitative estimate of drug-likeness (QED) is 0.103. The number of hydrogen-bond acceptors (Lipinski definition) is 11. The van der Waals surface area contributed by atoms with Crippen LogP contribution in [0.25, 0.3) is 5.76 Å². The predicted molar refractivity (Wildman–Crippen MR) is 145 cm³/mol. The van der Waals surface area contributed by atoms with Crippen molar-refractivity contribution < 1.29 is 54.2 Å². The van der Waals surface area contributed by atoms with Gasteiger partial charge in [0.15, 0.2) is 11.4 Å². The standard InChI is InChI=1S/C29H34N2O11/c1-4-5-6-8-13-12-9-7-10-14(32)17(12)23(36)19-18(13)25(42-16(35)11-15(33)34)21-22(31(2)3)24(37)20(28(30)40)27(39)29(21,41)26(19)38/h7,9-10,13,18,21-22,25,32,36,39,41H,4-6,8,11H2,1-3H3,(H2,30,40)(H,33,34)/t13-,18+,21+,22?,25-,29-/m0/s1. The van der Waals surface area contributed by atoms with Crippen molar-refractivity contribution in [2.45, 2.75) is 62.7 Å². The van der Waals surface area contributed by atoms with Crippen LogP contribution in [0.15, 0.2) is 35.1 Å². The van der Waals surface area contributed by atoms with Crippen LogP contribution < -0.4 is 5.73 Å². The van der Waals surface area contributed by atoms with Crippen molar-refractivity contribution >= 4 is 35.2 Å². The third-order valence-corrected chi connectivity index (χ3v) is 8.45. The summed E-state index contributed by atoms with van der Waals surface area (Å²) in [7, 11) is 2.81. The van der Waals surface area contributed by atoms with Gasteiger partial charge in [-0.3, -0.25) is 28.9 Å². The van der Waals surface area contributed by atoms with Gasteiger partial charge in [0.2, 0.25) is 5.78 Å². The molecule has 0 bridgehead atoms. The van der Waals surface area contributed by atoms with E-state index in [1.54, 1.807) is 6.07 Å². The molecule has 3 aliphatic rings. The maximum Gasteiger partial charge on any atom is 0.317 e. The van der Waals surface area contributed by atoms with Crippen molar-refractivity contribution in [3.8, 4) is 5.75 Å². The molecule has 42 heavy (non-hydrogen) atoms. The summed E-state index contributed by atoms with van der Waals surface area (Å²) >= 11 is 0. The predicted octanol–water partition coefficient (Wildman–Crippen LogP) is 1.08. The molecule has 1 aromatic rings. The molecule has 1 aromatic carbocycles. The van der Waals surface area contributed by atoms with E-state index in [9.17, 15) is 49.5 Å². The number of Topliss-reactive ketones (excluding diaryl/α,β-unsaturated/α-hetero) is 2. The zero-order valence-corrected chi connectivity index (χ0v) is 23.4. The van der Waals surface area contributed by atoms with Crippen molar-refractivity contribution in [2.24, 2.45) is 17.6 Å². The van der Waals surface area contributed by atoms with Gasteiger partial charge < -0.3 is 36.0 Å². The number of fused-ring (bicyclic) bond motifs is 3. The van der Waals surface area contributed by atoms with Crippen LogP contribution in [-0.2, 0) is 28.7 Å². The number of hydrogen-bond donors (Lipinski definition) is 6. The van der Waals surface area contributed by atoms with Gasteiger partial charge in [-0.05, 0) is 38.1 Å². The molecular formula is C29H34N2O11. The molecular weight excluding hydrogens is 552 g/mol. The van der Waals surface area contributed by atoms with Gasteiger partial charge in [-0.25, -0.2) is 0 Å². The smallest absolute Gasteiger partial charge is 0.317 e. The normalized spacial score (nSPS) is 28.7. The van der Waals surface area contributed by atoms with Crippen LogP contribution in [0.4, 0.5) is 0 Å². The highest BCUT2D eigenvalue weighted by Gasteiger charge is 2.69. The summed E-state index contributed by atoms with van der Waals surface area (Å²) in [4.78, 5) is 65.7. The summed E-state index contributed by atoms with van der Waals surface area (Å²) in [6.45, 7) is 1.97. The number of ether oxygens (including phenoxy) is 1. The number of benzene rings is 1. The van der Waals surface area contributed by atoms with E-state index in [2.05, 4.69) is 0 Å². The van der Waals surface area contributed by atoms with E-state index in [4.69, 9.17) is 10.5 Å². The number of carbonyl (C=O) groups is 5. The number of primary amides is 1. The molecule has 3 aliphatic carbocycles. The van der Waals surface area contributed by atoms with Crippen LogP contribution >= 0.6 is 0 Å². The molecule has 1 saturated carbocycles. The zero-order chi connectivity index (χ0) is 31.3. The summed E-state index contributed by atoms with van der Waals surface area (Å²) < 4.78 is 5.69. The van der Waals surface area contributed by atoms with Gasteiger partial charge >= 0.3 is 11.9 Å². The van der Waals surface area contributed by atoms with Crippen LogP contribution in [0.1, 0.15) is 56.1 Å². The van der Waals surface area contributed by atoms with E-state index < -0.39 is 94.0 Å². The van der Waals surface area contributed by atoms with Crippen LogP contribution in [-0.4, -0.2) is 91.7 Å². The number of carbonyl (C=O) groups excluding carboxylic acids is 4. The number of carboxylic acid groups (broad SMARTS) is 1. The Morgan fingerprint density at radius 3 is 2.33 bits per heavy atom. The molecule has 0 aromatic heterocycles. The molecule has 13 nitrogen and oxygen atoms in total. The van der Waals surface area contributed by atoms with Crippen molar-refractivity contribution in [3.63, 3.8) is 0 Å². The van der Waals surface area contributed by atoms with Crippen molar-refractivity contribution in [2.75, 3.05) is 14.1 Å². The van der Waals surface area contributed by atoms with Crippen LogP contribution in [0.3, 0.4) is 0 Å². The number of aliphatic hydroxyl groups is 3. The SMILES string of the molecule is CCCCC[C@H]1c2cccc(O)c2C(O)=C2C(=O)[C@]3(O)C(O)=C(C(N)=O)C(=O)C(N(C)C)[C@@H]3[C@@H](OC(=O)CC(=O)O)[C@@H]21. The monoisotopic (exact) mass is 586 g/mol. The highest BCUT2D eigenvalue weighted by molar-refractivity contribution is 6.24. The number of esters is 1. The number of ketones is 2. The number of amides is 1. The summed E-state index contributed by atoms with van der Waals surface area (Å²) in [5.41, 5.74) is 1.06. The lowest BCUT2D eigenvalue weighted by atomic mass is 9.53. The number of nitrogens with zero attached hydrogens (tertiary/aromatic N) is 1. The molecule has 226 valence electrons. The molecule has 0 spiro atoms. The van der Waals surface area contributed by atoms with E-state index in [1.165, 1.54) is 31.1 Å². The topological polar surface area (TPSA) is 225 Å². The van der Waals surface area contributed by atoms with Gasteiger partial charge in [-0.1, -0.05) is 38.3 Å². The number of rotatable bonds is 9. The number of phenols is 1. The zero-order valence-electron chi connectivity index (χ0n) is 23.4. The number of aliphatic hydroxyl groups excluding tert-OH is 2. The average molecular weight is 587 g/mol. The minimum Gasteiger partial charge on any atom is -0.508 e. The van der Waals surface area contributed by atoms with Crippen molar-refractivity contribution in [1.29, 1.82) is 0 Å². The maximum atomic E-state index is 14.3.